The van der Waals surface area contributed by atoms with Crippen molar-refractivity contribution in [3.05, 3.63) is 53.1 Å². The summed E-state index contributed by atoms with van der Waals surface area (Å²) in [5.41, 5.74) is 1.91. The van der Waals surface area contributed by atoms with Gasteiger partial charge in [0.25, 0.3) is 0 Å². The van der Waals surface area contributed by atoms with Crippen molar-refractivity contribution in [3.63, 3.8) is 0 Å². The molecule has 0 saturated heterocycles. The molecule has 0 aliphatic rings. The Morgan fingerprint density at radius 2 is 1.75 bits per heavy atom. The highest BCUT2D eigenvalue weighted by Crippen LogP contribution is 2.33. The molecule has 0 radical (unpaired) electrons. The fourth-order valence-corrected chi connectivity index (χ4v) is 2.42. The van der Waals surface area contributed by atoms with Crippen LogP contribution in [0, 0.1) is 0 Å². The first-order chi connectivity index (χ1) is 9.40. The molecule has 0 spiro atoms. The third-order valence-corrected chi connectivity index (χ3v) is 3.25. The van der Waals surface area contributed by atoms with Gasteiger partial charge < -0.3 is 4.74 Å². The van der Waals surface area contributed by atoms with E-state index in [1.165, 1.54) is 18.2 Å². The highest BCUT2D eigenvalue weighted by molar-refractivity contribution is 6.32. The van der Waals surface area contributed by atoms with Gasteiger partial charge in [-0.1, -0.05) is 35.9 Å². The van der Waals surface area contributed by atoms with E-state index in [1.807, 2.05) is 0 Å². The van der Waals surface area contributed by atoms with Gasteiger partial charge in [0.1, 0.15) is 5.75 Å². The number of halogens is 5. The Hall–Kier alpha value is -1.39. The first kappa shape index (κ1) is 15.0. The molecule has 0 fully saturated rings. The first-order valence-electron chi connectivity index (χ1n) is 5.60. The number of hydrogen-bond acceptors (Lipinski definition) is 1. The normalized spacial score (nSPS) is 11.4. The summed E-state index contributed by atoms with van der Waals surface area (Å²) in [5.74, 6) is -0.116. The standard InChI is InChI=1S/C14H9Cl2F3O/c15-8-12-11(5-2-6-13(12)16)9-3-1-4-10(7-9)20-14(17,18)19/h1-7H,8H2. The predicted molar refractivity (Wildman–Crippen MR) is 73.1 cm³/mol. The zero-order chi connectivity index (χ0) is 14.8. The average molecular weight is 321 g/mol. The van der Waals surface area contributed by atoms with Gasteiger partial charge in [-0.25, -0.2) is 0 Å². The number of benzene rings is 2. The molecule has 0 aromatic heterocycles. The quantitative estimate of drug-likeness (QED) is 0.664. The van der Waals surface area contributed by atoms with E-state index in [2.05, 4.69) is 4.74 Å². The van der Waals surface area contributed by atoms with Gasteiger partial charge >= 0.3 is 6.36 Å². The lowest BCUT2D eigenvalue weighted by molar-refractivity contribution is -0.274. The Morgan fingerprint density at radius 1 is 1.05 bits per heavy atom. The summed E-state index contributed by atoms with van der Waals surface area (Å²) in [4.78, 5) is 0. The van der Waals surface area contributed by atoms with Gasteiger partial charge in [0.2, 0.25) is 0 Å². The topological polar surface area (TPSA) is 9.23 Å². The second-order valence-electron chi connectivity index (χ2n) is 3.98. The molecule has 106 valence electrons. The lowest BCUT2D eigenvalue weighted by Crippen LogP contribution is -2.17. The van der Waals surface area contributed by atoms with E-state index in [9.17, 15) is 13.2 Å². The van der Waals surface area contributed by atoms with Gasteiger partial charge in [0, 0.05) is 10.9 Å². The van der Waals surface area contributed by atoms with Crippen LogP contribution in [0.4, 0.5) is 13.2 Å². The smallest absolute Gasteiger partial charge is 0.406 e. The average Bonchev–Trinajstić information content (AvgIpc) is 2.36. The minimum Gasteiger partial charge on any atom is -0.406 e. The van der Waals surface area contributed by atoms with Crippen LogP contribution in [0.15, 0.2) is 42.5 Å². The second kappa shape index (κ2) is 5.94. The van der Waals surface area contributed by atoms with Crippen LogP contribution in [-0.4, -0.2) is 6.36 Å². The van der Waals surface area contributed by atoms with E-state index in [0.717, 1.165) is 0 Å². The van der Waals surface area contributed by atoms with E-state index in [-0.39, 0.29) is 11.6 Å². The minimum atomic E-state index is -4.72. The molecule has 0 atom stereocenters. The molecule has 0 N–H and O–H groups in total. The zero-order valence-electron chi connectivity index (χ0n) is 10.0. The molecule has 0 amide bonds. The Bertz CT molecular complexity index is 612. The van der Waals surface area contributed by atoms with Gasteiger partial charge in [0.05, 0.1) is 0 Å². The maximum absolute atomic E-state index is 12.2. The lowest BCUT2D eigenvalue weighted by atomic mass is 10.0. The summed E-state index contributed by atoms with van der Waals surface area (Å²) in [7, 11) is 0. The van der Waals surface area contributed by atoms with Gasteiger partial charge in [0.15, 0.2) is 0 Å². The summed E-state index contributed by atoms with van der Waals surface area (Å²) >= 11 is 11.9. The maximum Gasteiger partial charge on any atom is 0.573 e. The van der Waals surface area contributed by atoms with Gasteiger partial charge in [-0.15, -0.1) is 24.8 Å². The highest BCUT2D eigenvalue weighted by atomic mass is 35.5. The molecule has 20 heavy (non-hydrogen) atoms. The Kier molecular flexibility index (Phi) is 4.45. The maximum atomic E-state index is 12.2. The van der Waals surface area contributed by atoms with Crippen LogP contribution < -0.4 is 4.74 Å². The van der Waals surface area contributed by atoms with Crippen LogP contribution in [0.5, 0.6) is 5.75 Å². The molecule has 0 bridgehead atoms. The summed E-state index contributed by atoms with van der Waals surface area (Å²) in [6.07, 6.45) is -4.72. The van der Waals surface area contributed by atoms with Gasteiger partial charge in [-0.05, 0) is 34.9 Å². The van der Waals surface area contributed by atoms with Crippen molar-refractivity contribution in [3.8, 4) is 16.9 Å². The molecule has 0 aliphatic carbocycles. The molecule has 2 aromatic rings. The van der Waals surface area contributed by atoms with Crippen molar-refractivity contribution < 1.29 is 17.9 Å². The van der Waals surface area contributed by atoms with Crippen LogP contribution in [0.3, 0.4) is 0 Å². The number of ether oxygens (including phenoxy) is 1. The van der Waals surface area contributed by atoms with Crippen LogP contribution in [-0.2, 0) is 5.88 Å². The van der Waals surface area contributed by atoms with Crippen LogP contribution in [0.2, 0.25) is 5.02 Å². The number of alkyl halides is 4. The monoisotopic (exact) mass is 320 g/mol. The molecule has 0 unspecified atom stereocenters. The van der Waals surface area contributed by atoms with E-state index in [1.54, 1.807) is 24.3 Å². The molecule has 0 aliphatic heterocycles. The van der Waals surface area contributed by atoms with Crippen molar-refractivity contribution in [2.45, 2.75) is 12.2 Å². The summed E-state index contributed by atoms with van der Waals surface area (Å²) in [6, 6.07) is 10.8. The minimum absolute atomic E-state index is 0.166. The number of hydrogen-bond donors (Lipinski definition) is 0. The lowest BCUT2D eigenvalue weighted by Gasteiger charge is -2.12. The summed E-state index contributed by atoms with van der Waals surface area (Å²) < 4.78 is 40.6. The first-order valence-corrected chi connectivity index (χ1v) is 6.51. The van der Waals surface area contributed by atoms with Crippen LogP contribution >= 0.6 is 23.2 Å². The third kappa shape index (κ3) is 3.58. The third-order valence-electron chi connectivity index (χ3n) is 2.63. The molecule has 1 nitrogen and oxygen atoms in total. The molecular formula is C14H9Cl2F3O. The van der Waals surface area contributed by atoms with Crippen LogP contribution in [0.1, 0.15) is 5.56 Å². The molecule has 0 heterocycles. The Labute approximate surface area is 123 Å². The van der Waals surface area contributed by atoms with E-state index in [4.69, 9.17) is 23.2 Å². The zero-order valence-corrected chi connectivity index (χ0v) is 11.6. The van der Waals surface area contributed by atoms with Gasteiger partial charge in [-0.2, -0.15) is 0 Å². The van der Waals surface area contributed by atoms with Gasteiger partial charge in [-0.3, -0.25) is 0 Å². The van der Waals surface area contributed by atoms with Crippen molar-refractivity contribution in [1.82, 2.24) is 0 Å². The molecular weight excluding hydrogens is 312 g/mol. The largest absolute Gasteiger partial charge is 0.573 e. The molecule has 6 heteroatoms. The SMILES string of the molecule is FC(F)(F)Oc1cccc(-c2cccc(Cl)c2CCl)c1. The highest BCUT2D eigenvalue weighted by Gasteiger charge is 2.31. The van der Waals surface area contributed by atoms with E-state index >= 15 is 0 Å². The van der Waals surface area contributed by atoms with E-state index < -0.39 is 6.36 Å². The summed E-state index contributed by atoms with van der Waals surface area (Å²) in [5, 5.41) is 0.472. The molecule has 0 saturated carbocycles. The Morgan fingerprint density at radius 3 is 2.40 bits per heavy atom. The molecule has 2 rings (SSSR count). The molecule has 2 aromatic carbocycles. The fraction of sp³-hybridized carbons (Fsp3) is 0.143. The van der Waals surface area contributed by atoms with Crippen molar-refractivity contribution in [1.29, 1.82) is 0 Å². The summed E-state index contributed by atoms with van der Waals surface area (Å²) in [6.45, 7) is 0. The van der Waals surface area contributed by atoms with Crippen molar-refractivity contribution >= 4 is 23.2 Å². The second-order valence-corrected chi connectivity index (χ2v) is 4.65. The van der Waals surface area contributed by atoms with Crippen molar-refractivity contribution in [2.24, 2.45) is 0 Å². The van der Waals surface area contributed by atoms with Crippen molar-refractivity contribution in [2.75, 3.05) is 0 Å². The van der Waals surface area contributed by atoms with Crippen LogP contribution in [0.25, 0.3) is 11.1 Å². The Balaban J connectivity index is 2.44. The number of rotatable bonds is 3. The predicted octanol–water partition coefficient (Wildman–Crippen LogP) is 5.64. The fourth-order valence-electron chi connectivity index (χ4n) is 1.83. The van der Waals surface area contributed by atoms with E-state index in [0.29, 0.717) is 21.7 Å².